The van der Waals surface area contributed by atoms with Crippen LogP contribution in [0.5, 0.6) is 0 Å². The van der Waals surface area contributed by atoms with E-state index in [9.17, 15) is 4.79 Å². The summed E-state index contributed by atoms with van der Waals surface area (Å²) in [6, 6.07) is 0. The van der Waals surface area contributed by atoms with Crippen molar-refractivity contribution < 1.29 is 9.90 Å². The minimum Gasteiger partial charge on any atom is -0.396 e. The van der Waals surface area contributed by atoms with Crippen molar-refractivity contribution in [2.45, 2.75) is 51.4 Å². The molecule has 3 heteroatoms. The monoisotopic (exact) mass is 239 g/mol. The third kappa shape index (κ3) is 3.44. The average Bonchev–Trinajstić information content (AvgIpc) is 3.07. The topological polar surface area (TPSA) is 49.3 Å². The number of hydrogen-bond donors (Lipinski definition) is 2. The zero-order valence-electron chi connectivity index (χ0n) is 10.7. The minimum atomic E-state index is 0.289. The second-order valence-corrected chi connectivity index (χ2v) is 5.57. The third-order valence-corrected chi connectivity index (χ3v) is 4.34. The second kappa shape index (κ2) is 6.39. The molecule has 0 aromatic carbocycles. The molecule has 1 amide bonds. The second-order valence-electron chi connectivity index (χ2n) is 5.57. The van der Waals surface area contributed by atoms with E-state index in [4.69, 9.17) is 5.11 Å². The first-order valence-corrected chi connectivity index (χ1v) is 7.23. The van der Waals surface area contributed by atoms with Crippen LogP contribution in [0.4, 0.5) is 0 Å². The molecule has 0 bridgehead atoms. The van der Waals surface area contributed by atoms with Crippen molar-refractivity contribution >= 4 is 5.91 Å². The smallest absolute Gasteiger partial charge is 0.223 e. The highest BCUT2D eigenvalue weighted by Gasteiger charge is 2.54. The fourth-order valence-electron chi connectivity index (χ4n) is 3.30. The highest BCUT2D eigenvalue weighted by Crippen LogP contribution is 2.55. The first-order chi connectivity index (χ1) is 8.34. The number of aliphatic hydroxyl groups excluding tert-OH is 1. The molecule has 0 aromatic rings. The Morgan fingerprint density at radius 2 is 1.71 bits per heavy atom. The molecule has 3 nitrogen and oxygen atoms in total. The van der Waals surface area contributed by atoms with E-state index in [-0.39, 0.29) is 6.61 Å². The van der Waals surface area contributed by atoms with Gasteiger partial charge >= 0.3 is 0 Å². The number of fused-ring (bicyclic) bond motifs is 1. The van der Waals surface area contributed by atoms with Crippen molar-refractivity contribution in [2.24, 2.45) is 17.8 Å². The van der Waals surface area contributed by atoms with Gasteiger partial charge in [-0.05, 0) is 37.5 Å². The van der Waals surface area contributed by atoms with Crippen LogP contribution in [0.1, 0.15) is 51.4 Å². The van der Waals surface area contributed by atoms with E-state index < -0.39 is 0 Å². The van der Waals surface area contributed by atoms with Crippen molar-refractivity contribution in [3.8, 4) is 0 Å². The van der Waals surface area contributed by atoms with Crippen molar-refractivity contribution in [1.29, 1.82) is 0 Å². The van der Waals surface area contributed by atoms with Gasteiger partial charge < -0.3 is 10.4 Å². The molecule has 2 atom stereocenters. The first kappa shape index (κ1) is 12.9. The third-order valence-electron chi connectivity index (χ3n) is 4.34. The molecule has 17 heavy (non-hydrogen) atoms. The number of nitrogens with one attached hydrogen (secondary N) is 1. The predicted molar refractivity (Wildman–Crippen MR) is 67.5 cm³/mol. The maximum Gasteiger partial charge on any atom is 0.223 e. The summed E-state index contributed by atoms with van der Waals surface area (Å²) in [6.07, 6.45) is 9.32. The number of carbonyl (C=O) groups excluding carboxylic acids is 1. The molecule has 2 unspecified atom stereocenters. The van der Waals surface area contributed by atoms with E-state index in [1.807, 2.05) is 0 Å². The fraction of sp³-hybridized carbons (Fsp3) is 0.929. The van der Waals surface area contributed by atoms with Crippen LogP contribution in [0.15, 0.2) is 0 Å². The number of carbonyl (C=O) groups is 1. The van der Waals surface area contributed by atoms with Crippen LogP contribution < -0.4 is 5.32 Å². The van der Waals surface area contributed by atoms with Crippen LogP contribution in [0, 0.1) is 17.8 Å². The van der Waals surface area contributed by atoms with Gasteiger partial charge in [-0.2, -0.15) is 0 Å². The Labute approximate surface area is 104 Å². The number of hydrogen-bond acceptors (Lipinski definition) is 2. The molecule has 0 heterocycles. The van der Waals surface area contributed by atoms with Gasteiger partial charge in [0.1, 0.15) is 0 Å². The van der Waals surface area contributed by atoms with E-state index in [0.29, 0.717) is 11.8 Å². The minimum absolute atomic E-state index is 0.289. The van der Waals surface area contributed by atoms with Gasteiger partial charge in [0.15, 0.2) is 0 Å². The number of aliphatic hydroxyl groups is 1. The molecule has 2 saturated carbocycles. The largest absolute Gasteiger partial charge is 0.396 e. The lowest BCUT2D eigenvalue weighted by Gasteiger charge is -2.04. The molecular formula is C14H25NO2. The fourth-order valence-corrected chi connectivity index (χ4v) is 3.30. The first-order valence-electron chi connectivity index (χ1n) is 7.23. The van der Waals surface area contributed by atoms with E-state index >= 15 is 0 Å². The summed E-state index contributed by atoms with van der Waals surface area (Å²) in [5.41, 5.74) is 0. The summed E-state index contributed by atoms with van der Waals surface area (Å²) >= 11 is 0. The van der Waals surface area contributed by atoms with Crippen LogP contribution in [0.2, 0.25) is 0 Å². The summed E-state index contributed by atoms with van der Waals surface area (Å²) < 4.78 is 0. The van der Waals surface area contributed by atoms with Crippen molar-refractivity contribution in [3.63, 3.8) is 0 Å². The Bertz CT molecular complexity index is 243. The number of amides is 1. The normalized spacial score (nSPS) is 30.8. The van der Waals surface area contributed by atoms with E-state index in [1.165, 1.54) is 25.7 Å². The van der Waals surface area contributed by atoms with Gasteiger partial charge in [-0.25, -0.2) is 0 Å². The Morgan fingerprint density at radius 3 is 2.35 bits per heavy atom. The lowest BCUT2D eigenvalue weighted by molar-refractivity contribution is -0.122. The summed E-state index contributed by atoms with van der Waals surface area (Å²) in [6.45, 7) is 1.11. The van der Waals surface area contributed by atoms with Gasteiger partial charge in [-0.15, -0.1) is 0 Å². The lowest BCUT2D eigenvalue weighted by Crippen LogP contribution is -2.27. The van der Waals surface area contributed by atoms with Crippen molar-refractivity contribution in [3.05, 3.63) is 0 Å². The standard InChI is InChI=1S/C14H25NO2/c16-10-6-2-1-5-9-15-14(17)13-11-7-3-4-8-12(11)13/h11-13,16H,1-10H2,(H,15,17). The summed E-state index contributed by atoms with van der Waals surface area (Å²) in [7, 11) is 0. The maximum atomic E-state index is 11.9. The van der Waals surface area contributed by atoms with Crippen LogP contribution in [0.25, 0.3) is 0 Å². The molecule has 98 valence electrons. The molecule has 2 aliphatic rings. The highest BCUT2D eigenvalue weighted by molar-refractivity contribution is 5.82. The Morgan fingerprint density at radius 1 is 1.06 bits per heavy atom. The van der Waals surface area contributed by atoms with E-state index in [1.54, 1.807) is 0 Å². The summed E-state index contributed by atoms with van der Waals surface area (Å²) in [5, 5.41) is 11.7. The zero-order chi connectivity index (χ0) is 12.1. The predicted octanol–water partition coefficient (Wildman–Crippen LogP) is 2.09. The molecule has 2 aliphatic carbocycles. The van der Waals surface area contributed by atoms with Gasteiger partial charge in [0.25, 0.3) is 0 Å². The Kier molecular flexibility index (Phi) is 4.84. The SMILES string of the molecule is O=C(NCCCCCCO)C1C2CCCCC21. The quantitative estimate of drug-likeness (QED) is 0.668. The van der Waals surface area contributed by atoms with E-state index in [2.05, 4.69) is 5.32 Å². The number of unbranched alkanes of at least 4 members (excludes halogenated alkanes) is 3. The average molecular weight is 239 g/mol. The molecule has 2 N–H and O–H groups in total. The molecule has 0 saturated heterocycles. The summed E-state index contributed by atoms with van der Waals surface area (Å²) in [4.78, 5) is 11.9. The van der Waals surface area contributed by atoms with Gasteiger partial charge in [-0.3, -0.25) is 4.79 Å². The molecular weight excluding hydrogens is 214 g/mol. The lowest BCUT2D eigenvalue weighted by atomic mass is 10.0. The zero-order valence-corrected chi connectivity index (χ0v) is 10.7. The van der Waals surface area contributed by atoms with Crippen molar-refractivity contribution in [1.82, 2.24) is 5.32 Å². The van der Waals surface area contributed by atoms with Gasteiger partial charge in [0, 0.05) is 19.1 Å². The Balaban J connectivity index is 1.53. The highest BCUT2D eigenvalue weighted by atomic mass is 16.2. The van der Waals surface area contributed by atoms with Crippen molar-refractivity contribution in [2.75, 3.05) is 13.2 Å². The van der Waals surface area contributed by atoms with Gasteiger partial charge in [-0.1, -0.05) is 25.7 Å². The molecule has 0 aromatic heterocycles. The van der Waals surface area contributed by atoms with Crippen LogP contribution >= 0.6 is 0 Å². The van der Waals surface area contributed by atoms with E-state index in [0.717, 1.165) is 44.1 Å². The van der Waals surface area contributed by atoms with Crippen LogP contribution in [0.3, 0.4) is 0 Å². The molecule has 0 aliphatic heterocycles. The molecule has 0 radical (unpaired) electrons. The number of rotatable bonds is 7. The molecule has 0 spiro atoms. The van der Waals surface area contributed by atoms with Gasteiger partial charge in [0.05, 0.1) is 0 Å². The van der Waals surface area contributed by atoms with Gasteiger partial charge in [0.2, 0.25) is 5.91 Å². The Hall–Kier alpha value is -0.570. The summed E-state index contributed by atoms with van der Waals surface area (Å²) in [5.74, 6) is 2.11. The van der Waals surface area contributed by atoms with Crippen LogP contribution in [-0.2, 0) is 4.79 Å². The maximum absolute atomic E-state index is 11.9. The molecule has 2 rings (SSSR count). The van der Waals surface area contributed by atoms with Crippen LogP contribution in [-0.4, -0.2) is 24.2 Å². The molecule has 2 fully saturated rings.